The van der Waals surface area contributed by atoms with Crippen LogP contribution in [0.1, 0.15) is 11.1 Å². The molecule has 1 aromatic heterocycles. The van der Waals surface area contributed by atoms with E-state index in [2.05, 4.69) is 5.10 Å². The Balaban J connectivity index is 1.63. The standard InChI is InChI=1S/C16H21N5O4S/c1-13-3-4-16(9-14(13)2)26(24,25)20-7-5-18(6-8-20)12-19-11-15(10-17-19)21(22)23/h3-4,9-11H,5-8,12H2,1-2H3. The third-order valence-corrected chi connectivity index (χ3v) is 6.52. The SMILES string of the molecule is Cc1ccc(S(=O)(=O)N2CCN(Cn3cc([N+](=O)[O-])cn3)CC2)cc1C. The summed E-state index contributed by atoms with van der Waals surface area (Å²) in [6.07, 6.45) is 2.58. The van der Waals surface area contributed by atoms with E-state index in [0.29, 0.717) is 37.7 Å². The average molecular weight is 379 g/mol. The number of rotatable bonds is 5. The van der Waals surface area contributed by atoms with Crippen molar-refractivity contribution >= 4 is 15.7 Å². The van der Waals surface area contributed by atoms with Gasteiger partial charge in [-0.05, 0) is 37.1 Å². The van der Waals surface area contributed by atoms with Gasteiger partial charge in [-0.2, -0.15) is 9.40 Å². The number of piperazine rings is 1. The summed E-state index contributed by atoms with van der Waals surface area (Å²) >= 11 is 0. The monoisotopic (exact) mass is 379 g/mol. The molecule has 1 fully saturated rings. The first-order valence-corrected chi connectivity index (χ1v) is 9.68. The molecule has 3 rings (SSSR count). The second-order valence-electron chi connectivity index (χ2n) is 6.40. The number of hydrogen-bond donors (Lipinski definition) is 0. The highest BCUT2D eigenvalue weighted by Crippen LogP contribution is 2.20. The van der Waals surface area contributed by atoms with Gasteiger partial charge in [-0.1, -0.05) is 6.07 Å². The van der Waals surface area contributed by atoms with Gasteiger partial charge in [0.25, 0.3) is 0 Å². The molecule has 0 spiro atoms. The van der Waals surface area contributed by atoms with Crippen LogP contribution >= 0.6 is 0 Å². The van der Waals surface area contributed by atoms with Crippen LogP contribution in [0.4, 0.5) is 5.69 Å². The molecule has 9 nitrogen and oxygen atoms in total. The van der Waals surface area contributed by atoms with Gasteiger partial charge in [-0.3, -0.25) is 19.7 Å². The van der Waals surface area contributed by atoms with Crippen molar-refractivity contribution in [1.29, 1.82) is 0 Å². The van der Waals surface area contributed by atoms with E-state index in [1.54, 1.807) is 12.1 Å². The van der Waals surface area contributed by atoms with Gasteiger partial charge < -0.3 is 0 Å². The molecule has 0 radical (unpaired) electrons. The molecule has 10 heteroatoms. The lowest BCUT2D eigenvalue weighted by Crippen LogP contribution is -2.48. The molecule has 0 saturated carbocycles. The van der Waals surface area contributed by atoms with Gasteiger partial charge >= 0.3 is 5.69 Å². The molecule has 1 saturated heterocycles. The Morgan fingerprint density at radius 3 is 2.42 bits per heavy atom. The molecule has 2 heterocycles. The first-order valence-electron chi connectivity index (χ1n) is 8.24. The zero-order valence-electron chi connectivity index (χ0n) is 14.7. The minimum atomic E-state index is -3.51. The van der Waals surface area contributed by atoms with Crippen molar-refractivity contribution < 1.29 is 13.3 Å². The molecule has 1 aliphatic rings. The second kappa shape index (κ2) is 7.14. The van der Waals surface area contributed by atoms with E-state index in [1.807, 2.05) is 24.8 Å². The fourth-order valence-corrected chi connectivity index (χ4v) is 4.37. The van der Waals surface area contributed by atoms with E-state index < -0.39 is 14.9 Å². The van der Waals surface area contributed by atoms with Gasteiger partial charge in [-0.25, -0.2) is 8.42 Å². The fourth-order valence-electron chi connectivity index (χ4n) is 2.86. The van der Waals surface area contributed by atoms with Gasteiger partial charge in [0, 0.05) is 26.2 Å². The van der Waals surface area contributed by atoms with Gasteiger partial charge in [0.15, 0.2) is 0 Å². The molecule has 0 amide bonds. The minimum Gasteiger partial charge on any atom is -0.282 e. The van der Waals surface area contributed by atoms with Crippen LogP contribution in [-0.2, 0) is 16.7 Å². The van der Waals surface area contributed by atoms with Crippen molar-refractivity contribution in [3.8, 4) is 0 Å². The Kier molecular flexibility index (Phi) is 5.08. The van der Waals surface area contributed by atoms with Crippen molar-refractivity contribution in [2.45, 2.75) is 25.4 Å². The first-order chi connectivity index (χ1) is 12.3. The summed E-state index contributed by atoms with van der Waals surface area (Å²) in [5.74, 6) is 0. The topological polar surface area (TPSA) is 102 Å². The summed E-state index contributed by atoms with van der Waals surface area (Å²) in [7, 11) is -3.51. The van der Waals surface area contributed by atoms with E-state index in [4.69, 9.17) is 0 Å². The zero-order chi connectivity index (χ0) is 18.9. The first kappa shape index (κ1) is 18.5. The molecule has 1 aliphatic heterocycles. The lowest BCUT2D eigenvalue weighted by Gasteiger charge is -2.33. The molecular formula is C16H21N5O4S. The van der Waals surface area contributed by atoms with Crippen LogP contribution in [0.25, 0.3) is 0 Å². The van der Waals surface area contributed by atoms with Crippen LogP contribution < -0.4 is 0 Å². The Labute approximate surface area is 152 Å². The lowest BCUT2D eigenvalue weighted by atomic mass is 10.1. The number of hydrogen-bond acceptors (Lipinski definition) is 6. The van der Waals surface area contributed by atoms with Gasteiger partial charge in [0.1, 0.15) is 12.4 Å². The Morgan fingerprint density at radius 1 is 1.15 bits per heavy atom. The number of nitro groups is 1. The third kappa shape index (κ3) is 3.76. The molecule has 140 valence electrons. The van der Waals surface area contributed by atoms with Crippen LogP contribution in [0.2, 0.25) is 0 Å². The molecule has 0 atom stereocenters. The number of aryl methyl sites for hydroxylation is 2. The molecule has 0 bridgehead atoms. The van der Waals surface area contributed by atoms with Crippen LogP contribution in [0.5, 0.6) is 0 Å². The molecule has 0 aliphatic carbocycles. The maximum absolute atomic E-state index is 12.8. The number of sulfonamides is 1. The highest BCUT2D eigenvalue weighted by Gasteiger charge is 2.28. The predicted octanol–water partition coefficient (Wildman–Crippen LogP) is 1.37. The molecule has 26 heavy (non-hydrogen) atoms. The smallest absolute Gasteiger partial charge is 0.282 e. The highest BCUT2D eigenvalue weighted by molar-refractivity contribution is 7.89. The van der Waals surface area contributed by atoms with Crippen LogP contribution in [0.15, 0.2) is 35.5 Å². The number of nitrogens with zero attached hydrogens (tertiary/aromatic N) is 5. The van der Waals surface area contributed by atoms with Crippen molar-refractivity contribution in [1.82, 2.24) is 19.0 Å². The maximum Gasteiger partial charge on any atom is 0.307 e. The van der Waals surface area contributed by atoms with Crippen molar-refractivity contribution in [3.05, 3.63) is 51.8 Å². The van der Waals surface area contributed by atoms with E-state index >= 15 is 0 Å². The quantitative estimate of drug-likeness (QED) is 0.574. The van der Waals surface area contributed by atoms with E-state index in [9.17, 15) is 18.5 Å². The van der Waals surface area contributed by atoms with E-state index in [0.717, 1.165) is 11.1 Å². The Morgan fingerprint density at radius 2 is 1.85 bits per heavy atom. The fraction of sp³-hybridized carbons (Fsp3) is 0.438. The average Bonchev–Trinajstić information content (AvgIpc) is 3.06. The second-order valence-corrected chi connectivity index (χ2v) is 8.34. The van der Waals surface area contributed by atoms with Gasteiger partial charge in [0.05, 0.1) is 16.5 Å². The van der Waals surface area contributed by atoms with Crippen molar-refractivity contribution in [2.24, 2.45) is 0 Å². The summed E-state index contributed by atoms with van der Waals surface area (Å²) in [5, 5.41) is 14.7. The summed E-state index contributed by atoms with van der Waals surface area (Å²) in [6, 6.07) is 5.18. The minimum absolute atomic E-state index is 0.0547. The van der Waals surface area contributed by atoms with Gasteiger partial charge in [0.2, 0.25) is 10.0 Å². The highest BCUT2D eigenvalue weighted by atomic mass is 32.2. The third-order valence-electron chi connectivity index (χ3n) is 4.62. The lowest BCUT2D eigenvalue weighted by molar-refractivity contribution is -0.385. The largest absolute Gasteiger partial charge is 0.307 e. The molecule has 0 N–H and O–H groups in total. The van der Waals surface area contributed by atoms with Crippen LogP contribution in [0.3, 0.4) is 0 Å². The van der Waals surface area contributed by atoms with Gasteiger partial charge in [-0.15, -0.1) is 0 Å². The van der Waals surface area contributed by atoms with Crippen LogP contribution in [-0.4, -0.2) is 58.5 Å². The predicted molar refractivity (Wildman–Crippen MR) is 95.1 cm³/mol. The van der Waals surface area contributed by atoms with Crippen LogP contribution in [0, 0.1) is 24.0 Å². The van der Waals surface area contributed by atoms with Crippen molar-refractivity contribution in [3.63, 3.8) is 0 Å². The maximum atomic E-state index is 12.8. The van der Waals surface area contributed by atoms with E-state index in [-0.39, 0.29) is 5.69 Å². The summed E-state index contributed by atoms with van der Waals surface area (Å²) < 4.78 is 28.6. The molecular weight excluding hydrogens is 358 g/mol. The Hall–Kier alpha value is -2.30. The summed E-state index contributed by atoms with van der Waals surface area (Å²) in [4.78, 5) is 12.5. The number of aromatic nitrogens is 2. The summed E-state index contributed by atoms with van der Waals surface area (Å²) in [5.41, 5.74) is 1.95. The molecule has 1 aromatic carbocycles. The summed E-state index contributed by atoms with van der Waals surface area (Å²) in [6.45, 7) is 6.07. The van der Waals surface area contributed by atoms with Crippen molar-refractivity contribution in [2.75, 3.05) is 26.2 Å². The zero-order valence-corrected chi connectivity index (χ0v) is 15.5. The Bertz CT molecular complexity index is 916. The molecule has 0 unspecified atom stereocenters. The normalized spacial score (nSPS) is 16.7. The molecule has 2 aromatic rings. The van der Waals surface area contributed by atoms with E-state index in [1.165, 1.54) is 21.4 Å². The number of benzene rings is 1.